The molecule has 2 aliphatic carbocycles. The number of hydrogen-bond donors (Lipinski definition) is 1. The first kappa shape index (κ1) is 8.72. The van der Waals surface area contributed by atoms with Gasteiger partial charge in [0, 0.05) is 6.04 Å². The highest BCUT2D eigenvalue weighted by Gasteiger charge is 2.54. The molecule has 1 heterocycles. The number of hydrogen-bond acceptors (Lipinski definition) is 2. The predicted octanol–water partition coefficient (Wildman–Crippen LogP) is 1.24. The van der Waals surface area contributed by atoms with Gasteiger partial charge in [0.25, 0.3) is 0 Å². The fraction of sp³-hybridized carbons (Fsp3) is 0.909. The fourth-order valence-electron chi connectivity index (χ4n) is 3.13. The summed E-state index contributed by atoms with van der Waals surface area (Å²) in [5.74, 6) is 0.394. The molecule has 3 aliphatic rings. The van der Waals surface area contributed by atoms with Gasteiger partial charge < -0.3 is 4.90 Å². The van der Waals surface area contributed by atoms with E-state index in [1.54, 1.807) is 0 Å². The first-order chi connectivity index (χ1) is 6.73. The summed E-state index contributed by atoms with van der Waals surface area (Å²) < 4.78 is 0. The first-order valence-electron chi connectivity index (χ1n) is 5.83. The fourth-order valence-corrected chi connectivity index (χ4v) is 3.13. The van der Waals surface area contributed by atoms with E-state index in [1.165, 1.54) is 25.7 Å². The molecule has 14 heavy (non-hydrogen) atoms. The van der Waals surface area contributed by atoms with Gasteiger partial charge in [-0.1, -0.05) is 12.8 Å². The molecule has 1 unspecified atom stereocenters. The molecule has 3 nitrogen and oxygen atoms in total. The van der Waals surface area contributed by atoms with Crippen molar-refractivity contribution in [2.45, 2.75) is 63.2 Å². The molecule has 1 amide bonds. The summed E-state index contributed by atoms with van der Waals surface area (Å²) >= 11 is 0. The molecule has 0 aromatic carbocycles. The lowest BCUT2D eigenvalue weighted by molar-refractivity contribution is -0.133. The van der Waals surface area contributed by atoms with E-state index < -0.39 is 0 Å². The summed E-state index contributed by atoms with van der Waals surface area (Å²) in [6.45, 7) is 2.13. The minimum absolute atomic E-state index is 0.151. The number of nitrogens with zero attached hydrogens (tertiary/aromatic N) is 1. The normalized spacial score (nSPS) is 35.9. The minimum Gasteiger partial charge on any atom is -0.323 e. The zero-order valence-electron chi connectivity index (χ0n) is 8.75. The summed E-state index contributed by atoms with van der Waals surface area (Å²) in [6.07, 6.45) is 7.24. The topological polar surface area (TPSA) is 32.3 Å². The Balaban J connectivity index is 1.86. The molecule has 0 radical (unpaired) electrons. The van der Waals surface area contributed by atoms with Crippen LogP contribution in [0, 0.1) is 0 Å². The number of rotatable bonds is 1. The summed E-state index contributed by atoms with van der Waals surface area (Å²) in [7, 11) is 0. The Kier molecular flexibility index (Phi) is 1.69. The quantitative estimate of drug-likeness (QED) is 0.681. The summed E-state index contributed by atoms with van der Waals surface area (Å²) in [4.78, 5) is 14.4. The maximum absolute atomic E-state index is 12.3. The Morgan fingerprint density at radius 1 is 1.36 bits per heavy atom. The molecule has 0 bridgehead atoms. The van der Waals surface area contributed by atoms with Gasteiger partial charge in [0.05, 0.1) is 11.7 Å². The van der Waals surface area contributed by atoms with Gasteiger partial charge in [-0.25, -0.2) is 0 Å². The Labute approximate surface area is 84.8 Å². The molecule has 1 aliphatic heterocycles. The molecule has 3 heteroatoms. The molecule has 1 N–H and O–H groups in total. The van der Waals surface area contributed by atoms with Gasteiger partial charge in [-0.05, 0) is 32.6 Å². The third-order valence-electron chi connectivity index (χ3n) is 3.94. The zero-order chi connectivity index (χ0) is 9.76. The van der Waals surface area contributed by atoms with E-state index in [0.717, 1.165) is 12.8 Å². The molecular weight excluding hydrogens is 176 g/mol. The van der Waals surface area contributed by atoms with Crippen molar-refractivity contribution in [3.05, 3.63) is 0 Å². The van der Waals surface area contributed by atoms with E-state index >= 15 is 0 Å². The van der Waals surface area contributed by atoms with Crippen molar-refractivity contribution in [1.82, 2.24) is 10.2 Å². The zero-order valence-corrected chi connectivity index (χ0v) is 8.75. The highest BCUT2D eigenvalue weighted by molar-refractivity contribution is 5.89. The maximum Gasteiger partial charge on any atom is 0.244 e. The summed E-state index contributed by atoms with van der Waals surface area (Å²) in [6, 6.07) is 0.560. The Morgan fingerprint density at radius 3 is 2.57 bits per heavy atom. The van der Waals surface area contributed by atoms with Gasteiger partial charge >= 0.3 is 0 Å². The minimum atomic E-state index is -0.151. The number of nitrogens with one attached hydrogen (secondary N) is 1. The third kappa shape index (κ3) is 1.05. The number of carbonyl (C=O) groups excluding carboxylic acids is 1. The van der Waals surface area contributed by atoms with Gasteiger partial charge in [0.1, 0.15) is 0 Å². The van der Waals surface area contributed by atoms with E-state index in [4.69, 9.17) is 0 Å². The van der Waals surface area contributed by atoms with Crippen LogP contribution in [0.4, 0.5) is 0 Å². The molecule has 3 fully saturated rings. The summed E-state index contributed by atoms with van der Waals surface area (Å²) in [5.41, 5.74) is -0.151. The molecule has 3 rings (SSSR count). The monoisotopic (exact) mass is 194 g/mol. The molecule has 1 atom stereocenters. The average Bonchev–Trinajstić information content (AvgIpc) is 2.81. The van der Waals surface area contributed by atoms with Crippen molar-refractivity contribution < 1.29 is 4.79 Å². The number of carbonyl (C=O) groups is 1. The second kappa shape index (κ2) is 2.72. The molecular formula is C11H18N2O. The van der Waals surface area contributed by atoms with Crippen molar-refractivity contribution in [1.29, 1.82) is 0 Å². The smallest absolute Gasteiger partial charge is 0.244 e. The van der Waals surface area contributed by atoms with E-state index in [2.05, 4.69) is 17.1 Å². The van der Waals surface area contributed by atoms with Crippen LogP contribution >= 0.6 is 0 Å². The van der Waals surface area contributed by atoms with Crippen LogP contribution in [0.3, 0.4) is 0 Å². The largest absolute Gasteiger partial charge is 0.323 e. The van der Waals surface area contributed by atoms with Crippen LogP contribution in [-0.2, 0) is 4.79 Å². The Hall–Kier alpha value is -0.570. The van der Waals surface area contributed by atoms with Gasteiger partial charge in [0.2, 0.25) is 5.91 Å². The van der Waals surface area contributed by atoms with E-state index in [9.17, 15) is 4.79 Å². The van der Waals surface area contributed by atoms with Crippen molar-refractivity contribution in [3.8, 4) is 0 Å². The van der Waals surface area contributed by atoms with Gasteiger partial charge in [-0.2, -0.15) is 0 Å². The van der Waals surface area contributed by atoms with Crippen molar-refractivity contribution >= 4 is 5.91 Å². The lowest BCUT2D eigenvalue weighted by Crippen LogP contribution is -2.44. The summed E-state index contributed by atoms with van der Waals surface area (Å²) in [5, 5.41) is 3.53. The van der Waals surface area contributed by atoms with Crippen LogP contribution in [0.25, 0.3) is 0 Å². The molecule has 78 valence electrons. The van der Waals surface area contributed by atoms with Gasteiger partial charge in [-0.15, -0.1) is 0 Å². The van der Waals surface area contributed by atoms with Crippen LogP contribution in [-0.4, -0.2) is 28.6 Å². The Bertz CT molecular complexity index is 266. The van der Waals surface area contributed by atoms with Gasteiger partial charge in [-0.3, -0.25) is 10.1 Å². The van der Waals surface area contributed by atoms with E-state index in [-0.39, 0.29) is 11.7 Å². The van der Waals surface area contributed by atoms with Crippen LogP contribution < -0.4 is 5.32 Å². The van der Waals surface area contributed by atoms with Crippen molar-refractivity contribution in [2.24, 2.45) is 0 Å². The first-order valence-corrected chi connectivity index (χ1v) is 5.83. The highest BCUT2D eigenvalue weighted by Crippen LogP contribution is 2.40. The second-order valence-electron chi connectivity index (χ2n) is 5.05. The number of amides is 1. The molecule has 0 aromatic heterocycles. The van der Waals surface area contributed by atoms with Crippen molar-refractivity contribution in [2.75, 3.05) is 0 Å². The lowest BCUT2D eigenvalue weighted by Gasteiger charge is -2.21. The van der Waals surface area contributed by atoms with E-state index in [0.29, 0.717) is 11.9 Å². The molecule has 0 aromatic rings. The third-order valence-corrected chi connectivity index (χ3v) is 3.94. The SMILES string of the molecule is CC1NC2(CCCC2)C(=O)N1C1CC1. The average molecular weight is 194 g/mol. The highest BCUT2D eigenvalue weighted by atomic mass is 16.2. The standard InChI is InChI=1S/C11H18N2O/c1-8-12-11(6-2-3-7-11)10(14)13(8)9-4-5-9/h8-9,12H,2-7H2,1H3. The van der Waals surface area contributed by atoms with Crippen LogP contribution in [0.2, 0.25) is 0 Å². The molecule has 1 spiro atoms. The van der Waals surface area contributed by atoms with Crippen LogP contribution in [0.5, 0.6) is 0 Å². The van der Waals surface area contributed by atoms with Gasteiger partial charge in [0.15, 0.2) is 0 Å². The van der Waals surface area contributed by atoms with Crippen LogP contribution in [0.1, 0.15) is 45.4 Å². The molecule has 1 saturated heterocycles. The van der Waals surface area contributed by atoms with E-state index in [1.807, 2.05) is 0 Å². The second-order valence-corrected chi connectivity index (χ2v) is 5.05. The lowest BCUT2D eigenvalue weighted by atomic mass is 9.98. The van der Waals surface area contributed by atoms with Crippen molar-refractivity contribution in [3.63, 3.8) is 0 Å². The Morgan fingerprint density at radius 2 is 2.00 bits per heavy atom. The van der Waals surface area contributed by atoms with Crippen LogP contribution in [0.15, 0.2) is 0 Å². The maximum atomic E-state index is 12.3. The predicted molar refractivity (Wildman–Crippen MR) is 53.7 cm³/mol. The molecule has 2 saturated carbocycles.